The predicted octanol–water partition coefficient (Wildman–Crippen LogP) is -4.41. The Morgan fingerprint density at radius 1 is 0.364 bits per heavy atom. The minimum atomic E-state index is 0. The molecule has 0 saturated carbocycles. The van der Waals surface area contributed by atoms with Crippen LogP contribution in [0.15, 0.2) is 0 Å². The molecule has 0 fully saturated rings. The smallest absolute Gasteiger partial charge is 0.870 e. The van der Waals surface area contributed by atoms with Crippen molar-refractivity contribution in [3.05, 3.63) is 0 Å². The molecule has 0 rings (SSSR count). The molecule has 11 heavy (non-hydrogen) atoms. The quantitative estimate of drug-likeness (QED) is 0.374. The molecule has 0 amide bonds. The van der Waals surface area contributed by atoms with E-state index in [2.05, 4.69) is 0 Å². The Labute approximate surface area is 123 Å². The molecule has 0 aliphatic carbocycles. The van der Waals surface area contributed by atoms with Crippen molar-refractivity contribution in [3.8, 4) is 0 Å². The van der Waals surface area contributed by atoms with Crippen LogP contribution in [0.4, 0.5) is 0 Å². The molecule has 0 saturated heterocycles. The molecule has 0 aromatic rings. The van der Waals surface area contributed by atoms with E-state index in [1.54, 1.807) is 0 Å². The fourth-order valence-electron chi connectivity index (χ4n) is 0. The molecule has 0 aromatic carbocycles. The van der Waals surface area contributed by atoms with Crippen LogP contribution in [0.1, 0.15) is 0 Å². The van der Waals surface area contributed by atoms with Gasteiger partial charge in [0.2, 0.25) is 0 Å². The fourth-order valence-corrected chi connectivity index (χ4v) is 0. The van der Waals surface area contributed by atoms with Gasteiger partial charge in [0.1, 0.15) is 0 Å². The molecule has 0 heterocycles. The fraction of sp³-hybridized carbons (Fsp3) is 0. The van der Waals surface area contributed by atoms with E-state index in [9.17, 15) is 0 Å². The van der Waals surface area contributed by atoms with Gasteiger partial charge in [-0.05, 0) is 0 Å². The van der Waals surface area contributed by atoms with Crippen molar-refractivity contribution in [1.29, 1.82) is 0 Å². The van der Waals surface area contributed by atoms with Crippen LogP contribution < -0.4 is 18.9 Å². The summed E-state index contributed by atoms with van der Waals surface area (Å²) in [5, 5.41) is 0. The normalized spacial score (nSPS) is 0. The molecule has 8 nitrogen and oxygen atoms in total. The molecule has 0 aliphatic rings. The van der Waals surface area contributed by atoms with Gasteiger partial charge in [0.25, 0.3) is 0 Å². The first kappa shape index (κ1) is 368. The van der Waals surface area contributed by atoms with Crippen molar-refractivity contribution >= 4 is 0 Å². The van der Waals surface area contributed by atoms with E-state index >= 15 is 0 Å². The number of rotatable bonds is 0. The Morgan fingerprint density at radius 3 is 0.364 bits per heavy atom. The van der Waals surface area contributed by atoms with Crippen molar-refractivity contribution < 1.29 is 124 Å². The molecule has 0 atom stereocenters. The average molecular weight is 373 g/mol. The van der Waals surface area contributed by atoms with Crippen LogP contribution in [0.5, 0.6) is 0 Å². The van der Waals surface area contributed by atoms with E-state index in [1.807, 2.05) is 0 Å². The van der Waals surface area contributed by atoms with Crippen LogP contribution in [0, 0.1) is 35.6 Å². The van der Waals surface area contributed by atoms with Crippen molar-refractivity contribution in [2.45, 2.75) is 0 Å². The van der Waals surface area contributed by atoms with Gasteiger partial charge in [-0.3, -0.25) is 0 Å². The van der Waals surface area contributed by atoms with E-state index in [0.29, 0.717) is 0 Å². The second kappa shape index (κ2) is 287. The molecule has 8 N–H and O–H groups in total. The molecule has 0 aliphatic heterocycles. The van der Waals surface area contributed by atoms with Gasteiger partial charge < -0.3 is 43.8 Å². The maximum Gasteiger partial charge on any atom is 4.00 e. The number of hydrogen-bond acceptors (Lipinski definition) is 8. The Kier molecular flexibility index (Phi) is 9590. The van der Waals surface area contributed by atoms with Gasteiger partial charge in [0, 0.05) is 0 Å². The summed E-state index contributed by atoms with van der Waals surface area (Å²) in [5.74, 6) is 0. The van der Waals surface area contributed by atoms with E-state index in [0.717, 1.165) is 0 Å². The number of hydrogen-bond donors (Lipinski definition) is 0. The van der Waals surface area contributed by atoms with Crippen molar-refractivity contribution in [2.24, 2.45) is 0 Å². The van der Waals surface area contributed by atoms with Crippen LogP contribution >= 0.6 is 0 Å². The van der Waals surface area contributed by atoms with E-state index in [1.165, 1.54) is 0 Å². The van der Waals surface area contributed by atoms with Crippen molar-refractivity contribution in [1.82, 2.24) is 0 Å². The van der Waals surface area contributed by atoms with Crippen LogP contribution in [0.25, 0.3) is 0 Å². The van der Waals surface area contributed by atoms with Crippen LogP contribution in [0.2, 0.25) is 0 Å². The van der Waals surface area contributed by atoms with Gasteiger partial charge in [-0.25, -0.2) is 0 Å². The van der Waals surface area contributed by atoms with Gasteiger partial charge in [0.15, 0.2) is 0 Å². The topological polar surface area (TPSA) is 240 Å². The third-order valence-corrected chi connectivity index (χ3v) is 0. The predicted molar refractivity (Wildman–Crippen MR) is 15.5 cm³/mol. The van der Waals surface area contributed by atoms with Gasteiger partial charge in [-0.1, -0.05) is 0 Å². The van der Waals surface area contributed by atoms with Crippen molar-refractivity contribution in [2.75, 3.05) is 0 Å². The summed E-state index contributed by atoms with van der Waals surface area (Å²) in [6, 6.07) is 0. The standard InChI is InChI=1S/La.Li.8H2O.Zr/h;;8*1H2;/q+3;+1;;;;;;;;;+4/p-8. The Morgan fingerprint density at radius 2 is 0.364 bits per heavy atom. The summed E-state index contributed by atoms with van der Waals surface area (Å²) in [7, 11) is 0. The van der Waals surface area contributed by atoms with Gasteiger partial charge in [-0.2, -0.15) is 0 Å². The second-order valence-electron chi connectivity index (χ2n) is 0. The zero-order valence-electron chi connectivity index (χ0n) is 5.66. The molecule has 0 unspecified atom stereocenters. The molecule has 64 valence electrons. The monoisotopic (exact) mass is 372 g/mol. The first-order chi connectivity index (χ1) is 0. The van der Waals surface area contributed by atoms with E-state index in [-0.39, 0.29) is 124 Å². The SMILES string of the molecule is [La+3].[Li+].[OH-].[OH-].[OH-].[OH-].[OH-].[OH-].[OH-].[OH-].[Zr+4]. The summed E-state index contributed by atoms with van der Waals surface area (Å²) in [6.07, 6.45) is 0. The summed E-state index contributed by atoms with van der Waals surface area (Å²) in [5.41, 5.74) is 0. The zero-order valence-corrected chi connectivity index (χ0v) is 11.7. The van der Waals surface area contributed by atoms with E-state index < -0.39 is 0 Å². The molecule has 0 aromatic heterocycles. The summed E-state index contributed by atoms with van der Waals surface area (Å²) < 4.78 is 0. The molecule has 11 heteroatoms. The third kappa shape index (κ3) is 239. The van der Waals surface area contributed by atoms with Gasteiger partial charge >= 0.3 is 80.7 Å². The third-order valence-electron chi connectivity index (χ3n) is 0. The molecular weight excluding hydrogens is 365 g/mol. The van der Waals surface area contributed by atoms with Gasteiger partial charge in [-0.15, -0.1) is 0 Å². The van der Waals surface area contributed by atoms with Crippen molar-refractivity contribution in [3.63, 3.8) is 0 Å². The maximum absolute atomic E-state index is 0. The molecule has 0 spiro atoms. The minimum absolute atomic E-state index is 0. The first-order valence-corrected chi connectivity index (χ1v) is 0. The molecule has 0 bridgehead atoms. The van der Waals surface area contributed by atoms with E-state index in [4.69, 9.17) is 0 Å². The molecular formula is H8LaLiO8Zr. The molecule has 0 radical (unpaired) electrons. The average Bonchev–Trinajstić information content (AvgIpc) is 0. The zero-order chi connectivity index (χ0) is 0. The summed E-state index contributed by atoms with van der Waals surface area (Å²) in [6.45, 7) is 0. The Bertz CT molecular complexity index is 14.1. The first-order valence-electron chi connectivity index (χ1n) is 0. The Balaban J connectivity index is 0. The van der Waals surface area contributed by atoms with Crippen LogP contribution in [0.3, 0.4) is 0 Å². The largest absolute Gasteiger partial charge is 4.00 e. The second-order valence-corrected chi connectivity index (χ2v) is 0. The minimum Gasteiger partial charge on any atom is -0.870 e. The maximum atomic E-state index is 0. The van der Waals surface area contributed by atoms with Crippen LogP contribution in [-0.4, -0.2) is 43.8 Å². The Hall–Kier alpha value is 2.36. The van der Waals surface area contributed by atoms with Crippen LogP contribution in [-0.2, 0) is 26.2 Å². The summed E-state index contributed by atoms with van der Waals surface area (Å²) in [4.78, 5) is 0. The summed E-state index contributed by atoms with van der Waals surface area (Å²) >= 11 is 0. The van der Waals surface area contributed by atoms with Gasteiger partial charge in [0.05, 0.1) is 0 Å².